The number of nitrogens with one attached hydrogen (secondary N) is 2. The quantitative estimate of drug-likeness (QED) is 0.730. The molecule has 1 aliphatic heterocycles. The number of amides is 1. The van der Waals surface area contributed by atoms with Crippen molar-refractivity contribution in [1.29, 1.82) is 0 Å². The van der Waals surface area contributed by atoms with E-state index in [1.54, 1.807) is 37.5 Å². The van der Waals surface area contributed by atoms with Crippen molar-refractivity contribution in [2.24, 2.45) is 0 Å². The average Bonchev–Trinajstić information content (AvgIpc) is 3.08. The van der Waals surface area contributed by atoms with Crippen molar-refractivity contribution < 1.29 is 18.3 Å². The van der Waals surface area contributed by atoms with Crippen LogP contribution in [0.15, 0.2) is 48.5 Å². The van der Waals surface area contributed by atoms with Crippen LogP contribution >= 0.6 is 11.8 Å². The zero-order chi connectivity index (χ0) is 21.1. The number of benzene rings is 2. The van der Waals surface area contributed by atoms with Gasteiger partial charge in [-0.25, -0.2) is 19.0 Å². The first-order chi connectivity index (χ1) is 13.7. The molecule has 156 valence electrons. The molecule has 2 aromatic carbocycles. The fourth-order valence-corrected chi connectivity index (χ4v) is 4.34. The highest BCUT2D eigenvalue weighted by Crippen LogP contribution is 2.43. The monoisotopic (exact) mass is 421 g/mol. The summed E-state index contributed by atoms with van der Waals surface area (Å²) in [6, 6.07) is 13.1. The van der Waals surface area contributed by atoms with Crippen LogP contribution in [0.1, 0.15) is 32.8 Å². The molecule has 0 aliphatic carbocycles. The molecule has 1 amide bonds. The summed E-state index contributed by atoms with van der Waals surface area (Å²) >= 11 is 1.56. The van der Waals surface area contributed by atoms with Crippen LogP contribution < -0.4 is 15.8 Å². The van der Waals surface area contributed by atoms with E-state index in [2.05, 4.69) is 10.7 Å². The molecule has 2 N–H and O–H groups in total. The molecule has 29 heavy (non-hydrogen) atoms. The van der Waals surface area contributed by atoms with E-state index in [0.29, 0.717) is 18.8 Å². The number of carbonyl (C=O) groups is 1. The minimum Gasteiger partial charge on any atom is -0.444 e. The molecular formula is C21H25F2N3O2S. The number of hydrazine groups is 1. The Balaban J connectivity index is 1.76. The number of rotatable bonds is 5. The number of halogens is 2. The molecule has 0 spiro atoms. The summed E-state index contributed by atoms with van der Waals surface area (Å²) in [6.45, 7) is 5.76. The van der Waals surface area contributed by atoms with E-state index in [-0.39, 0.29) is 5.69 Å². The van der Waals surface area contributed by atoms with Crippen molar-refractivity contribution in [3.63, 3.8) is 0 Å². The van der Waals surface area contributed by atoms with Gasteiger partial charge in [-0.1, -0.05) is 30.3 Å². The smallest absolute Gasteiger partial charge is 0.407 e. The van der Waals surface area contributed by atoms with E-state index in [1.807, 2.05) is 30.3 Å². The summed E-state index contributed by atoms with van der Waals surface area (Å²) in [7, 11) is 0. The second kappa shape index (κ2) is 8.59. The summed E-state index contributed by atoms with van der Waals surface area (Å²) in [5.74, 6) is -0.589. The molecule has 1 heterocycles. The standard InChI is InChI=1S/C21H25F2N3O2S/c1-20(2,3)28-19(27)24-12-11-21(15-7-5-4-6-8-15)25-26(14-29-21)18-13-16(22)9-10-17(18)23/h4-10,13,25H,11-12,14H2,1-3H3,(H,24,27). The summed E-state index contributed by atoms with van der Waals surface area (Å²) in [5, 5.41) is 4.37. The van der Waals surface area contributed by atoms with E-state index in [0.717, 1.165) is 17.7 Å². The summed E-state index contributed by atoms with van der Waals surface area (Å²) in [5.41, 5.74) is 3.88. The van der Waals surface area contributed by atoms with Crippen LogP contribution in [0.25, 0.3) is 0 Å². The number of nitrogens with zero attached hydrogens (tertiary/aromatic N) is 1. The first-order valence-electron chi connectivity index (χ1n) is 9.35. The van der Waals surface area contributed by atoms with Gasteiger partial charge in [0, 0.05) is 12.6 Å². The molecule has 1 saturated heterocycles. The highest BCUT2D eigenvalue weighted by atomic mass is 32.2. The van der Waals surface area contributed by atoms with Gasteiger partial charge in [-0.05, 0) is 44.9 Å². The Morgan fingerprint density at radius 2 is 1.97 bits per heavy atom. The van der Waals surface area contributed by atoms with Gasteiger partial charge in [0.15, 0.2) is 0 Å². The van der Waals surface area contributed by atoms with Crippen molar-refractivity contribution in [3.05, 3.63) is 65.7 Å². The molecular weight excluding hydrogens is 396 g/mol. The van der Waals surface area contributed by atoms with Crippen molar-refractivity contribution in [2.45, 2.75) is 37.7 Å². The van der Waals surface area contributed by atoms with Crippen LogP contribution in [0.3, 0.4) is 0 Å². The maximum Gasteiger partial charge on any atom is 0.407 e. The van der Waals surface area contributed by atoms with Gasteiger partial charge < -0.3 is 10.1 Å². The Labute approximate surface area is 173 Å². The Hall–Kier alpha value is -2.32. The number of anilines is 1. The highest BCUT2D eigenvalue weighted by Gasteiger charge is 2.40. The van der Waals surface area contributed by atoms with Crippen LogP contribution in [0.5, 0.6) is 0 Å². The van der Waals surface area contributed by atoms with E-state index in [9.17, 15) is 13.6 Å². The fraction of sp³-hybridized carbons (Fsp3) is 0.381. The average molecular weight is 422 g/mol. The largest absolute Gasteiger partial charge is 0.444 e. The number of hydrogen-bond acceptors (Lipinski definition) is 5. The van der Waals surface area contributed by atoms with Gasteiger partial charge in [0.1, 0.15) is 22.1 Å². The second-order valence-electron chi connectivity index (χ2n) is 7.78. The van der Waals surface area contributed by atoms with Crippen LogP contribution in [0.4, 0.5) is 19.3 Å². The maximum atomic E-state index is 14.3. The number of hydrogen-bond donors (Lipinski definition) is 2. The minimum absolute atomic E-state index is 0.149. The third-order valence-electron chi connectivity index (χ3n) is 4.34. The van der Waals surface area contributed by atoms with E-state index in [4.69, 9.17) is 4.74 Å². The van der Waals surface area contributed by atoms with Gasteiger partial charge in [-0.2, -0.15) is 0 Å². The van der Waals surface area contributed by atoms with Gasteiger partial charge in [0.25, 0.3) is 0 Å². The lowest BCUT2D eigenvalue weighted by atomic mass is 10.0. The number of carbonyl (C=O) groups excluding carboxylic acids is 1. The number of ether oxygens (including phenoxy) is 1. The molecule has 8 heteroatoms. The molecule has 0 radical (unpaired) electrons. The molecule has 1 atom stereocenters. The molecule has 0 aromatic heterocycles. The lowest BCUT2D eigenvalue weighted by Crippen LogP contribution is -2.45. The number of alkyl carbamates (subject to hydrolysis) is 1. The zero-order valence-corrected chi connectivity index (χ0v) is 17.5. The van der Waals surface area contributed by atoms with Crippen LogP contribution in [0, 0.1) is 11.6 Å². The van der Waals surface area contributed by atoms with Crippen LogP contribution in [0.2, 0.25) is 0 Å². The van der Waals surface area contributed by atoms with E-state index in [1.165, 1.54) is 6.07 Å². The molecule has 1 unspecified atom stereocenters. The van der Waals surface area contributed by atoms with Crippen molar-refractivity contribution >= 4 is 23.5 Å². The van der Waals surface area contributed by atoms with Gasteiger partial charge >= 0.3 is 6.09 Å². The molecule has 0 saturated carbocycles. The van der Waals surface area contributed by atoms with Gasteiger partial charge in [0.2, 0.25) is 0 Å². The molecule has 1 aliphatic rings. The Kier molecular flexibility index (Phi) is 6.33. The van der Waals surface area contributed by atoms with Crippen LogP contribution in [-0.4, -0.2) is 24.1 Å². The predicted octanol–water partition coefficient (Wildman–Crippen LogP) is 4.75. The molecule has 5 nitrogen and oxygen atoms in total. The summed E-state index contributed by atoms with van der Waals surface area (Å²) in [6.07, 6.45) is 0.0331. The van der Waals surface area contributed by atoms with Gasteiger partial charge in [-0.15, -0.1) is 11.8 Å². The predicted molar refractivity (Wildman–Crippen MR) is 111 cm³/mol. The fourth-order valence-electron chi connectivity index (χ4n) is 3.06. The first kappa shape index (κ1) is 21.4. The Morgan fingerprint density at radius 3 is 2.66 bits per heavy atom. The normalized spacial score (nSPS) is 19.3. The van der Waals surface area contributed by atoms with Gasteiger partial charge in [0.05, 0.1) is 11.6 Å². The second-order valence-corrected chi connectivity index (χ2v) is 9.02. The topological polar surface area (TPSA) is 53.6 Å². The third kappa shape index (κ3) is 5.39. The van der Waals surface area contributed by atoms with Crippen molar-refractivity contribution in [2.75, 3.05) is 17.4 Å². The van der Waals surface area contributed by atoms with Crippen molar-refractivity contribution in [3.8, 4) is 0 Å². The van der Waals surface area contributed by atoms with Gasteiger partial charge in [-0.3, -0.25) is 5.01 Å². The first-order valence-corrected chi connectivity index (χ1v) is 10.3. The Bertz CT molecular complexity index is 861. The van der Waals surface area contributed by atoms with E-state index >= 15 is 0 Å². The summed E-state index contributed by atoms with van der Waals surface area (Å²) < 4.78 is 33.2. The minimum atomic E-state index is -0.602. The highest BCUT2D eigenvalue weighted by molar-refractivity contribution is 8.00. The lowest BCUT2D eigenvalue weighted by molar-refractivity contribution is 0.0525. The molecule has 2 aromatic rings. The van der Waals surface area contributed by atoms with Crippen LogP contribution in [-0.2, 0) is 9.61 Å². The van der Waals surface area contributed by atoms with Crippen molar-refractivity contribution in [1.82, 2.24) is 10.7 Å². The third-order valence-corrected chi connectivity index (χ3v) is 5.75. The Morgan fingerprint density at radius 1 is 1.24 bits per heavy atom. The van der Waals surface area contributed by atoms with E-state index < -0.39 is 28.2 Å². The zero-order valence-electron chi connectivity index (χ0n) is 16.7. The maximum absolute atomic E-state index is 14.3. The molecule has 0 bridgehead atoms. The number of thioether (sulfide) groups is 1. The molecule has 3 rings (SSSR count). The summed E-state index contributed by atoms with van der Waals surface area (Å²) in [4.78, 5) is 11.4. The lowest BCUT2D eigenvalue weighted by Gasteiger charge is -2.31. The molecule has 1 fully saturated rings. The SMILES string of the molecule is CC(C)(C)OC(=O)NCCC1(c2ccccc2)NN(c2cc(F)ccc2F)CS1.